The number of hydrogen-bond acceptors (Lipinski definition) is 4. The summed E-state index contributed by atoms with van der Waals surface area (Å²) in [6.07, 6.45) is 0.850. The van der Waals surface area contributed by atoms with Gasteiger partial charge in [0.2, 0.25) is 0 Å². The molecular weight excluding hydrogens is 246 g/mol. The van der Waals surface area contributed by atoms with Crippen LogP contribution in [0.5, 0.6) is 11.5 Å². The second-order valence-electron chi connectivity index (χ2n) is 4.51. The van der Waals surface area contributed by atoms with Crippen molar-refractivity contribution in [1.29, 1.82) is 0 Å². The molecule has 1 atom stereocenters. The molecule has 1 aromatic rings. The molecule has 0 saturated carbocycles. The summed E-state index contributed by atoms with van der Waals surface area (Å²) >= 11 is 0. The molecule has 5 nitrogen and oxygen atoms in total. The summed E-state index contributed by atoms with van der Waals surface area (Å²) in [4.78, 5) is 11.4. The highest BCUT2D eigenvalue weighted by molar-refractivity contribution is 5.75. The molecule has 1 unspecified atom stereocenters. The van der Waals surface area contributed by atoms with Crippen molar-refractivity contribution in [3.63, 3.8) is 0 Å². The third-order valence-electron chi connectivity index (χ3n) is 3.51. The molecular formula is C14H21NO4. The lowest BCUT2D eigenvalue weighted by Gasteiger charge is -2.26. The van der Waals surface area contributed by atoms with Crippen LogP contribution >= 0.6 is 0 Å². The van der Waals surface area contributed by atoms with Crippen LogP contribution in [0.1, 0.15) is 18.9 Å². The molecule has 0 aliphatic heterocycles. The normalized spacial score (nSPS) is 13.7. The lowest BCUT2D eigenvalue weighted by Crippen LogP contribution is -2.40. The van der Waals surface area contributed by atoms with Crippen molar-refractivity contribution < 1.29 is 19.4 Å². The Morgan fingerprint density at radius 3 is 2.37 bits per heavy atom. The zero-order valence-corrected chi connectivity index (χ0v) is 11.6. The number of hydrogen-bond donors (Lipinski definition) is 2. The van der Waals surface area contributed by atoms with E-state index in [-0.39, 0.29) is 6.54 Å². The van der Waals surface area contributed by atoms with Gasteiger partial charge in [0.05, 0.1) is 19.6 Å². The summed E-state index contributed by atoms with van der Waals surface area (Å²) in [6.45, 7) is 1.94. The zero-order valence-electron chi connectivity index (χ0n) is 11.6. The minimum Gasteiger partial charge on any atom is -0.493 e. The molecule has 0 spiro atoms. The van der Waals surface area contributed by atoms with Crippen LogP contribution in [-0.4, -0.2) is 31.8 Å². The highest BCUT2D eigenvalue weighted by Crippen LogP contribution is 2.32. The van der Waals surface area contributed by atoms with Gasteiger partial charge in [0, 0.05) is 6.54 Å². The number of aliphatic carboxylic acids is 1. The Labute approximate surface area is 113 Å². The molecule has 5 heteroatoms. The number of carboxylic acids is 1. The Morgan fingerprint density at radius 2 is 1.95 bits per heavy atom. The highest BCUT2D eigenvalue weighted by Gasteiger charge is 2.35. The Bertz CT molecular complexity index is 441. The van der Waals surface area contributed by atoms with E-state index in [0.717, 1.165) is 5.56 Å². The lowest BCUT2D eigenvalue weighted by atomic mass is 9.79. The molecule has 0 aliphatic carbocycles. The first kappa shape index (κ1) is 15.3. The number of carboxylic acid groups (broad SMARTS) is 1. The monoisotopic (exact) mass is 267 g/mol. The molecule has 0 aliphatic rings. The average molecular weight is 267 g/mol. The molecule has 3 N–H and O–H groups in total. The van der Waals surface area contributed by atoms with Crippen LogP contribution in [0.2, 0.25) is 0 Å². The van der Waals surface area contributed by atoms with Crippen molar-refractivity contribution >= 4 is 5.97 Å². The quantitative estimate of drug-likeness (QED) is 0.785. The summed E-state index contributed by atoms with van der Waals surface area (Å²) in [5, 5.41) is 9.38. The van der Waals surface area contributed by atoms with Crippen LogP contribution in [0.3, 0.4) is 0 Å². The number of benzene rings is 1. The van der Waals surface area contributed by atoms with E-state index in [1.54, 1.807) is 26.4 Å². The maximum absolute atomic E-state index is 11.4. The Morgan fingerprint density at radius 1 is 1.32 bits per heavy atom. The Hall–Kier alpha value is -1.75. The second-order valence-corrected chi connectivity index (χ2v) is 4.51. The van der Waals surface area contributed by atoms with Crippen LogP contribution in [0.4, 0.5) is 0 Å². The minimum atomic E-state index is -0.931. The van der Waals surface area contributed by atoms with Gasteiger partial charge in [-0.15, -0.1) is 0 Å². The van der Waals surface area contributed by atoms with Gasteiger partial charge in [-0.1, -0.05) is 13.0 Å². The molecule has 19 heavy (non-hydrogen) atoms. The summed E-state index contributed by atoms with van der Waals surface area (Å²) in [7, 11) is 3.11. The van der Waals surface area contributed by atoms with Gasteiger partial charge in [-0.2, -0.15) is 0 Å². The molecule has 106 valence electrons. The molecule has 0 heterocycles. The van der Waals surface area contributed by atoms with Crippen LogP contribution in [0.15, 0.2) is 18.2 Å². The number of nitrogens with two attached hydrogens (primary N) is 1. The molecule has 0 radical (unpaired) electrons. The molecule has 0 aromatic heterocycles. The molecule has 1 aromatic carbocycles. The van der Waals surface area contributed by atoms with Crippen molar-refractivity contribution in [2.75, 3.05) is 20.8 Å². The molecule has 0 bridgehead atoms. The maximum Gasteiger partial charge on any atom is 0.311 e. The van der Waals surface area contributed by atoms with Crippen molar-refractivity contribution in [3.05, 3.63) is 23.8 Å². The Kier molecular flexibility index (Phi) is 5.18. The summed E-state index contributed by atoms with van der Waals surface area (Å²) in [5.74, 6) is 0.344. The Balaban J connectivity index is 3.07. The van der Waals surface area contributed by atoms with Gasteiger partial charge in [0.25, 0.3) is 0 Å². The average Bonchev–Trinajstić information content (AvgIpc) is 2.44. The molecule has 0 saturated heterocycles. The van der Waals surface area contributed by atoms with Crippen molar-refractivity contribution in [2.24, 2.45) is 11.1 Å². The maximum atomic E-state index is 11.4. The molecule has 1 rings (SSSR count). The highest BCUT2D eigenvalue weighted by atomic mass is 16.5. The number of methoxy groups -OCH3 is 2. The fourth-order valence-electron chi connectivity index (χ4n) is 2.04. The minimum absolute atomic E-state index is 0.104. The van der Waals surface area contributed by atoms with Crippen LogP contribution in [0, 0.1) is 5.41 Å². The van der Waals surface area contributed by atoms with E-state index < -0.39 is 11.4 Å². The first-order valence-corrected chi connectivity index (χ1v) is 6.17. The zero-order chi connectivity index (χ0) is 14.5. The topological polar surface area (TPSA) is 81.8 Å². The van der Waals surface area contributed by atoms with Gasteiger partial charge in [0.15, 0.2) is 11.5 Å². The van der Waals surface area contributed by atoms with Crippen molar-refractivity contribution in [2.45, 2.75) is 19.8 Å². The lowest BCUT2D eigenvalue weighted by molar-refractivity contribution is -0.148. The van der Waals surface area contributed by atoms with Gasteiger partial charge in [-0.3, -0.25) is 4.79 Å². The van der Waals surface area contributed by atoms with Crippen molar-refractivity contribution in [1.82, 2.24) is 0 Å². The van der Waals surface area contributed by atoms with Crippen LogP contribution in [0.25, 0.3) is 0 Å². The van der Waals surface area contributed by atoms with E-state index in [2.05, 4.69) is 0 Å². The van der Waals surface area contributed by atoms with E-state index in [0.29, 0.717) is 24.3 Å². The predicted molar refractivity (Wildman–Crippen MR) is 72.7 cm³/mol. The number of rotatable bonds is 7. The second kappa shape index (κ2) is 6.43. The fraction of sp³-hybridized carbons (Fsp3) is 0.500. The van der Waals surface area contributed by atoms with Gasteiger partial charge in [-0.25, -0.2) is 0 Å². The third-order valence-corrected chi connectivity index (χ3v) is 3.51. The standard InChI is InChI=1S/C14H21NO4/c1-4-14(9-15,13(16)17)8-10-5-6-11(18-2)12(7-10)19-3/h5-7H,4,8-9,15H2,1-3H3,(H,16,17). The predicted octanol–water partition coefficient (Wildman–Crippen LogP) is 1.69. The number of carbonyl (C=O) groups is 1. The van der Waals surface area contributed by atoms with Crippen molar-refractivity contribution in [3.8, 4) is 11.5 Å². The summed E-state index contributed by atoms with van der Waals surface area (Å²) in [6, 6.07) is 5.40. The molecule has 0 amide bonds. The van der Waals surface area contributed by atoms with Gasteiger partial charge >= 0.3 is 5.97 Å². The first-order chi connectivity index (χ1) is 9.02. The van der Waals surface area contributed by atoms with E-state index >= 15 is 0 Å². The third kappa shape index (κ3) is 3.17. The SMILES string of the molecule is CCC(CN)(Cc1ccc(OC)c(OC)c1)C(=O)O. The van der Waals surface area contributed by atoms with Gasteiger partial charge in [-0.05, 0) is 30.5 Å². The van der Waals surface area contributed by atoms with Gasteiger partial charge < -0.3 is 20.3 Å². The first-order valence-electron chi connectivity index (χ1n) is 6.17. The van der Waals surface area contributed by atoms with E-state index in [1.165, 1.54) is 0 Å². The summed E-state index contributed by atoms with van der Waals surface area (Å²) in [5.41, 5.74) is 5.59. The number of ether oxygens (including phenoxy) is 2. The van der Waals surface area contributed by atoms with Crippen LogP contribution in [-0.2, 0) is 11.2 Å². The smallest absolute Gasteiger partial charge is 0.311 e. The largest absolute Gasteiger partial charge is 0.493 e. The van der Waals surface area contributed by atoms with E-state index in [1.807, 2.05) is 13.0 Å². The van der Waals surface area contributed by atoms with Gasteiger partial charge in [0.1, 0.15) is 0 Å². The fourth-order valence-corrected chi connectivity index (χ4v) is 2.04. The summed E-state index contributed by atoms with van der Waals surface area (Å²) < 4.78 is 10.4. The van der Waals surface area contributed by atoms with E-state index in [4.69, 9.17) is 15.2 Å². The molecule has 0 fully saturated rings. The van der Waals surface area contributed by atoms with Crippen LogP contribution < -0.4 is 15.2 Å². The van der Waals surface area contributed by atoms with E-state index in [9.17, 15) is 9.90 Å².